The van der Waals surface area contributed by atoms with Crippen LogP contribution in [0.1, 0.15) is 6.42 Å². The molecule has 0 saturated carbocycles. The molecule has 0 aromatic heterocycles. The van der Waals surface area contributed by atoms with E-state index in [-0.39, 0.29) is 5.92 Å². The van der Waals surface area contributed by atoms with Gasteiger partial charge in [0.2, 0.25) is 0 Å². The van der Waals surface area contributed by atoms with Crippen molar-refractivity contribution >= 4 is 0 Å². The Bertz CT molecular complexity index is 101. The highest BCUT2D eigenvalue weighted by Crippen LogP contribution is 2.19. The number of alkyl halides is 1. The second-order valence-electron chi connectivity index (χ2n) is 2.10. The molecule has 0 aromatic rings. The third kappa shape index (κ3) is 0.892. The molecule has 0 heterocycles. The highest BCUT2D eigenvalue weighted by molar-refractivity contribution is 5.02. The molecule has 0 spiro atoms. The molecule has 0 aromatic carbocycles. The van der Waals surface area contributed by atoms with Gasteiger partial charge in [-0.25, -0.2) is 4.39 Å². The summed E-state index contributed by atoms with van der Waals surface area (Å²) in [4.78, 5) is 0. The largest absolute Gasteiger partial charge is 0.330 e. The minimum Gasteiger partial charge on any atom is -0.330 e. The maximum absolute atomic E-state index is 12.4. The minimum absolute atomic E-state index is 0.0648. The Balaban J connectivity index is 2.38. The summed E-state index contributed by atoms with van der Waals surface area (Å²) >= 11 is 0. The van der Waals surface area contributed by atoms with Gasteiger partial charge in [0.25, 0.3) is 0 Å². The molecule has 0 unspecified atom stereocenters. The molecule has 0 bridgehead atoms. The van der Waals surface area contributed by atoms with Crippen molar-refractivity contribution in [1.29, 1.82) is 0 Å². The summed E-state index contributed by atoms with van der Waals surface area (Å²) in [6.45, 7) is 0.466. The van der Waals surface area contributed by atoms with E-state index in [4.69, 9.17) is 5.73 Å². The third-order valence-corrected chi connectivity index (χ3v) is 1.51. The smallest absolute Gasteiger partial charge is 0.123 e. The number of rotatable bonds is 1. The van der Waals surface area contributed by atoms with E-state index in [9.17, 15) is 4.39 Å². The summed E-state index contributed by atoms with van der Waals surface area (Å²) in [6, 6.07) is 0. The van der Waals surface area contributed by atoms with Crippen LogP contribution in [0.2, 0.25) is 0 Å². The van der Waals surface area contributed by atoms with Gasteiger partial charge in [-0.2, -0.15) is 0 Å². The predicted molar refractivity (Wildman–Crippen MR) is 31.2 cm³/mol. The lowest BCUT2D eigenvalue weighted by Crippen LogP contribution is -2.19. The van der Waals surface area contributed by atoms with Crippen LogP contribution < -0.4 is 5.73 Å². The number of hydrogen-bond acceptors (Lipinski definition) is 1. The Morgan fingerprint density at radius 3 is 2.75 bits per heavy atom. The fourth-order valence-corrected chi connectivity index (χ4v) is 0.897. The topological polar surface area (TPSA) is 26.0 Å². The summed E-state index contributed by atoms with van der Waals surface area (Å²) in [5.74, 6) is 0.0648. The van der Waals surface area contributed by atoms with Gasteiger partial charge in [-0.3, -0.25) is 0 Å². The summed E-state index contributed by atoms with van der Waals surface area (Å²) in [6.07, 6.45) is 3.47. The van der Waals surface area contributed by atoms with Crippen LogP contribution in [0.3, 0.4) is 0 Å². The van der Waals surface area contributed by atoms with Crippen molar-refractivity contribution in [3.05, 3.63) is 12.2 Å². The van der Waals surface area contributed by atoms with Gasteiger partial charge in [0.05, 0.1) is 0 Å². The Morgan fingerprint density at radius 2 is 2.50 bits per heavy atom. The van der Waals surface area contributed by atoms with E-state index >= 15 is 0 Å². The predicted octanol–water partition coefficient (Wildman–Crippen LogP) is 0.859. The monoisotopic (exact) mass is 115 g/mol. The zero-order valence-electron chi connectivity index (χ0n) is 4.68. The van der Waals surface area contributed by atoms with Crippen LogP contribution in [0.15, 0.2) is 12.2 Å². The molecule has 2 atom stereocenters. The van der Waals surface area contributed by atoms with Crippen molar-refractivity contribution < 1.29 is 4.39 Å². The van der Waals surface area contributed by atoms with Gasteiger partial charge in [0.1, 0.15) is 6.17 Å². The molecular weight excluding hydrogens is 105 g/mol. The quantitative estimate of drug-likeness (QED) is 0.504. The maximum atomic E-state index is 12.4. The van der Waals surface area contributed by atoms with Crippen LogP contribution in [0.5, 0.6) is 0 Å². The van der Waals surface area contributed by atoms with Gasteiger partial charge in [0, 0.05) is 5.92 Å². The Morgan fingerprint density at radius 1 is 1.75 bits per heavy atom. The van der Waals surface area contributed by atoms with E-state index in [1.807, 2.05) is 6.08 Å². The second-order valence-corrected chi connectivity index (χ2v) is 2.10. The molecule has 2 heteroatoms. The van der Waals surface area contributed by atoms with Gasteiger partial charge < -0.3 is 5.73 Å². The van der Waals surface area contributed by atoms with Crippen LogP contribution in [0.25, 0.3) is 0 Å². The van der Waals surface area contributed by atoms with Crippen LogP contribution in [-0.2, 0) is 0 Å². The molecule has 0 aliphatic heterocycles. The summed E-state index contributed by atoms with van der Waals surface area (Å²) in [5.41, 5.74) is 5.24. The molecule has 1 aliphatic rings. The van der Waals surface area contributed by atoms with Crippen molar-refractivity contribution in [1.82, 2.24) is 0 Å². The molecule has 8 heavy (non-hydrogen) atoms. The molecule has 0 amide bonds. The zero-order chi connectivity index (χ0) is 5.98. The van der Waals surface area contributed by atoms with Crippen molar-refractivity contribution in [2.75, 3.05) is 6.54 Å². The average molecular weight is 115 g/mol. The Kier molecular flexibility index (Phi) is 1.63. The molecule has 1 nitrogen and oxygen atoms in total. The molecule has 1 rings (SSSR count). The van der Waals surface area contributed by atoms with E-state index in [2.05, 4.69) is 0 Å². The van der Waals surface area contributed by atoms with E-state index in [0.29, 0.717) is 6.54 Å². The summed E-state index contributed by atoms with van der Waals surface area (Å²) in [5, 5.41) is 0. The van der Waals surface area contributed by atoms with Crippen LogP contribution in [0.4, 0.5) is 4.39 Å². The first-order valence-electron chi connectivity index (χ1n) is 2.85. The highest BCUT2D eigenvalue weighted by Gasteiger charge is 2.19. The first-order chi connectivity index (χ1) is 3.84. The molecule has 0 fully saturated rings. The third-order valence-electron chi connectivity index (χ3n) is 1.51. The summed E-state index contributed by atoms with van der Waals surface area (Å²) in [7, 11) is 0. The van der Waals surface area contributed by atoms with Crippen LogP contribution in [-0.4, -0.2) is 12.7 Å². The Labute approximate surface area is 48.4 Å². The second kappa shape index (κ2) is 2.27. The van der Waals surface area contributed by atoms with Crippen LogP contribution in [0, 0.1) is 5.92 Å². The van der Waals surface area contributed by atoms with Gasteiger partial charge in [0.15, 0.2) is 0 Å². The number of allylic oxidation sites excluding steroid dienone is 2. The maximum Gasteiger partial charge on any atom is 0.123 e. The minimum atomic E-state index is -0.778. The van der Waals surface area contributed by atoms with E-state index in [1.54, 1.807) is 6.08 Å². The van der Waals surface area contributed by atoms with Gasteiger partial charge >= 0.3 is 0 Å². The SMILES string of the molecule is NC[C@H]1CC=C[C@H]1F. The van der Waals surface area contributed by atoms with E-state index in [0.717, 1.165) is 6.42 Å². The van der Waals surface area contributed by atoms with E-state index < -0.39 is 6.17 Å². The lowest BCUT2D eigenvalue weighted by Gasteiger charge is -2.06. The molecule has 2 N–H and O–H groups in total. The normalized spacial score (nSPS) is 36.2. The molecule has 1 aliphatic carbocycles. The number of hydrogen-bond donors (Lipinski definition) is 1. The fraction of sp³-hybridized carbons (Fsp3) is 0.667. The number of nitrogens with two attached hydrogens (primary N) is 1. The standard InChI is InChI=1S/C6H10FN/c7-6-3-1-2-5(6)4-8/h1,3,5-6H,2,4,8H2/t5-,6-/m1/s1. The summed E-state index contributed by atoms with van der Waals surface area (Å²) < 4.78 is 12.4. The lowest BCUT2D eigenvalue weighted by molar-refractivity contribution is 0.304. The molecule has 0 saturated heterocycles. The average Bonchev–Trinajstić information content (AvgIpc) is 2.14. The van der Waals surface area contributed by atoms with Crippen LogP contribution >= 0.6 is 0 Å². The molecule has 46 valence electrons. The van der Waals surface area contributed by atoms with E-state index in [1.165, 1.54) is 0 Å². The van der Waals surface area contributed by atoms with Gasteiger partial charge in [-0.15, -0.1) is 0 Å². The van der Waals surface area contributed by atoms with Gasteiger partial charge in [-0.05, 0) is 13.0 Å². The fourth-order valence-electron chi connectivity index (χ4n) is 0.897. The van der Waals surface area contributed by atoms with Crippen molar-refractivity contribution in [3.8, 4) is 0 Å². The number of halogens is 1. The van der Waals surface area contributed by atoms with Crippen molar-refractivity contribution in [2.45, 2.75) is 12.6 Å². The van der Waals surface area contributed by atoms with Crippen molar-refractivity contribution in [3.63, 3.8) is 0 Å². The Hall–Kier alpha value is -0.370. The first-order valence-corrected chi connectivity index (χ1v) is 2.85. The molecule has 0 radical (unpaired) electrons. The highest BCUT2D eigenvalue weighted by atomic mass is 19.1. The van der Waals surface area contributed by atoms with Gasteiger partial charge in [-0.1, -0.05) is 12.2 Å². The molecular formula is C6H10FN. The zero-order valence-corrected chi connectivity index (χ0v) is 4.68. The first kappa shape index (κ1) is 5.76. The van der Waals surface area contributed by atoms with Crippen molar-refractivity contribution in [2.24, 2.45) is 11.7 Å². The lowest BCUT2D eigenvalue weighted by atomic mass is 10.1.